The number of phenolic OH excluding ortho intramolecular Hbond substituents is 1. The van der Waals surface area contributed by atoms with Crippen molar-refractivity contribution in [3.05, 3.63) is 77.0 Å². The van der Waals surface area contributed by atoms with Crippen molar-refractivity contribution in [1.82, 2.24) is 34.8 Å². The zero-order chi connectivity index (χ0) is 30.0. The number of carbonyl (C=O) groups excluding carboxylic acids is 2. The van der Waals surface area contributed by atoms with Gasteiger partial charge in [0.05, 0.1) is 34.7 Å². The molecule has 3 aromatic heterocycles. The molecule has 2 N–H and O–H groups in total. The van der Waals surface area contributed by atoms with Gasteiger partial charge in [0.2, 0.25) is 5.91 Å². The van der Waals surface area contributed by atoms with E-state index in [4.69, 9.17) is 5.10 Å². The Morgan fingerprint density at radius 1 is 1.14 bits per heavy atom. The van der Waals surface area contributed by atoms with Gasteiger partial charge in [-0.2, -0.15) is 23.4 Å². The Hall–Kier alpha value is -4.68. The fraction of sp³-hybridized carbons (Fsp3) is 0.367. The second-order valence-corrected chi connectivity index (χ2v) is 11.3. The molecule has 43 heavy (non-hydrogen) atoms. The van der Waals surface area contributed by atoms with Crippen LogP contribution in [0.3, 0.4) is 0 Å². The number of hydrogen-bond donors (Lipinski definition) is 2. The highest BCUT2D eigenvalue weighted by molar-refractivity contribution is 6.06. The molecule has 1 fully saturated rings. The van der Waals surface area contributed by atoms with Gasteiger partial charge >= 0.3 is 6.18 Å². The smallest absolute Gasteiger partial charge is 0.435 e. The fourth-order valence-corrected chi connectivity index (χ4v) is 6.56. The van der Waals surface area contributed by atoms with Crippen LogP contribution in [0.4, 0.5) is 13.2 Å². The molecule has 5 heterocycles. The summed E-state index contributed by atoms with van der Waals surface area (Å²) in [6.07, 6.45) is 2.80. The Morgan fingerprint density at radius 2 is 1.95 bits per heavy atom. The van der Waals surface area contributed by atoms with Crippen LogP contribution >= 0.6 is 0 Å². The van der Waals surface area contributed by atoms with Crippen LogP contribution in [0.25, 0.3) is 16.6 Å². The molecular weight excluding hydrogens is 563 g/mol. The summed E-state index contributed by atoms with van der Waals surface area (Å²) in [6.45, 7) is 4.31. The number of pyridine rings is 1. The Kier molecular flexibility index (Phi) is 6.29. The van der Waals surface area contributed by atoms with Crippen molar-refractivity contribution >= 4 is 22.7 Å². The number of amides is 2. The molecule has 1 atom stereocenters. The molecule has 1 saturated carbocycles. The molecule has 0 saturated heterocycles. The maximum atomic E-state index is 14.1. The van der Waals surface area contributed by atoms with E-state index in [-0.39, 0.29) is 41.2 Å². The fourth-order valence-electron chi connectivity index (χ4n) is 6.56. The van der Waals surface area contributed by atoms with Crippen molar-refractivity contribution in [2.24, 2.45) is 0 Å². The quantitative estimate of drug-likeness (QED) is 0.339. The summed E-state index contributed by atoms with van der Waals surface area (Å²) >= 11 is 0. The zero-order valence-corrected chi connectivity index (χ0v) is 23.1. The van der Waals surface area contributed by atoms with Gasteiger partial charge in [0.1, 0.15) is 11.4 Å². The molecule has 3 aliphatic rings. The number of aromatic hydroxyl groups is 1. The summed E-state index contributed by atoms with van der Waals surface area (Å²) in [5, 5.41) is 22.0. The first-order valence-electron chi connectivity index (χ1n) is 14.2. The molecule has 0 bridgehead atoms. The Morgan fingerprint density at radius 3 is 2.65 bits per heavy atom. The summed E-state index contributed by atoms with van der Waals surface area (Å²) < 4.78 is 42.5. The summed E-state index contributed by atoms with van der Waals surface area (Å²) in [6, 6.07) is 5.06. The van der Waals surface area contributed by atoms with Crippen LogP contribution in [0.1, 0.15) is 69.8 Å². The van der Waals surface area contributed by atoms with Crippen LogP contribution in [0.15, 0.2) is 43.2 Å². The predicted octanol–water partition coefficient (Wildman–Crippen LogP) is 4.45. The molecule has 7 rings (SSSR count). The van der Waals surface area contributed by atoms with Crippen molar-refractivity contribution < 1.29 is 27.9 Å². The van der Waals surface area contributed by atoms with E-state index in [1.807, 2.05) is 12.1 Å². The number of halogens is 3. The number of nitrogens with one attached hydrogen (secondary N) is 1. The lowest BCUT2D eigenvalue weighted by molar-refractivity contribution is -0.140. The molecule has 1 aliphatic carbocycles. The minimum Gasteiger partial charge on any atom is -0.506 e. The van der Waals surface area contributed by atoms with Crippen molar-refractivity contribution in [3.8, 4) is 11.4 Å². The van der Waals surface area contributed by atoms with Crippen LogP contribution in [-0.2, 0) is 23.8 Å². The SMILES string of the molecule is C=CC(=O)N1CCc2nn(-c3ccc(C4CCC4)cc3O)c3c2[C@H](C1)N(C(=O)c1cnc(C(F)(F)F)c2[nH]ncc12)CC3. The molecule has 2 aliphatic heterocycles. The second kappa shape index (κ2) is 9.96. The summed E-state index contributed by atoms with van der Waals surface area (Å²) in [5.41, 5.74) is 2.39. The molecule has 222 valence electrons. The number of nitrogens with zero attached hydrogens (tertiary/aromatic N) is 6. The first-order chi connectivity index (χ1) is 20.7. The molecule has 0 unspecified atom stereocenters. The van der Waals surface area contributed by atoms with E-state index in [0.717, 1.165) is 35.9 Å². The standard InChI is InChI=1S/C30H28F3N7O3/c1-2-25(42)38-10-8-20-26-22(40(37-20)21-7-6-17(12-24(21)41)16-4-3-5-16)9-11-39(23(26)15-38)29(43)19-13-34-28(30(31,32)33)27-18(19)14-35-36-27/h2,6-7,12-14,16,23,41H,1,3-5,8-11,15H2,(H,35,36)/t23-/m0/s1. The van der Waals surface area contributed by atoms with Gasteiger partial charge in [0.15, 0.2) is 5.69 Å². The van der Waals surface area contributed by atoms with Crippen LogP contribution in [-0.4, -0.2) is 71.3 Å². The highest BCUT2D eigenvalue weighted by Crippen LogP contribution is 2.42. The minimum atomic E-state index is -4.73. The molecule has 10 nitrogen and oxygen atoms in total. The van der Waals surface area contributed by atoms with E-state index in [0.29, 0.717) is 36.7 Å². The van der Waals surface area contributed by atoms with Gasteiger partial charge in [0, 0.05) is 49.6 Å². The molecule has 1 aromatic carbocycles. The second-order valence-electron chi connectivity index (χ2n) is 11.3. The van der Waals surface area contributed by atoms with Gasteiger partial charge in [0.25, 0.3) is 5.91 Å². The largest absolute Gasteiger partial charge is 0.506 e. The lowest BCUT2D eigenvalue weighted by Gasteiger charge is -2.38. The zero-order valence-electron chi connectivity index (χ0n) is 23.1. The summed E-state index contributed by atoms with van der Waals surface area (Å²) in [7, 11) is 0. The Labute approximate surface area is 243 Å². The lowest BCUT2D eigenvalue weighted by atomic mass is 9.80. The molecule has 0 radical (unpaired) electrons. The van der Waals surface area contributed by atoms with Gasteiger partial charge in [-0.25, -0.2) is 9.67 Å². The van der Waals surface area contributed by atoms with Crippen LogP contribution in [0, 0.1) is 0 Å². The number of H-pyrrole nitrogens is 1. The minimum absolute atomic E-state index is 0.0122. The van der Waals surface area contributed by atoms with Gasteiger partial charge in [-0.1, -0.05) is 19.1 Å². The number of alkyl halides is 3. The van der Waals surface area contributed by atoms with Crippen molar-refractivity contribution in [1.29, 1.82) is 0 Å². The maximum absolute atomic E-state index is 14.1. The maximum Gasteiger partial charge on any atom is 0.435 e. The third kappa shape index (κ3) is 4.36. The normalized spacial score (nSPS) is 18.7. The van der Waals surface area contributed by atoms with E-state index in [9.17, 15) is 27.9 Å². The topological polar surface area (TPSA) is 120 Å². The number of carbonyl (C=O) groups is 2. The first-order valence-corrected chi connectivity index (χ1v) is 14.2. The van der Waals surface area contributed by atoms with E-state index >= 15 is 0 Å². The molecule has 4 aromatic rings. The Bertz CT molecular complexity index is 1790. The number of phenols is 1. The monoisotopic (exact) mass is 591 g/mol. The Balaban J connectivity index is 1.31. The van der Waals surface area contributed by atoms with Crippen LogP contribution < -0.4 is 0 Å². The average Bonchev–Trinajstić information content (AvgIpc) is 3.53. The number of aromatic nitrogens is 5. The van der Waals surface area contributed by atoms with E-state index in [2.05, 4.69) is 21.8 Å². The number of rotatable bonds is 4. The van der Waals surface area contributed by atoms with Gasteiger partial charge in [-0.15, -0.1) is 0 Å². The molecule has 2 amide bonds. The van der Waals surface area contributed by atoms with E-state index in [1.54, 1.807) is 20.5 Å². The van der Waals surface area contributed by atoms with Crippen LogP contribution in [0.5, 0.6) is 5.75 Å². The first kappa shape index (κ1) is 27.2. The highest BCUT2D eigenvalue weighted by atomic mass is 19.4. The summed E-state index contributed by atoms with van der Waals surface area (Å²) in [4.78, 5) is 33.6. The van der Waals surface area contributed by atoms with Gasteiger partial charge < -0.3 is 14.9 Å². The molecule has 13 heteroatoms. The van der Waals surface area contributed by atoms with E-state index in [1.165, 1.54) is 18.7 Å². The summed E-state index contributed by atoms with van der Waals surface area (Å²) in [5.74, 6) is -0.251. The molecule has 0 spiro atoms. The van der Waals surface area contributed by atoms with Crippen LogP contribution in [0.2, 0.25) is 0 Å². The lowest BCUT2D eigenvalue weighted by Crippen LogP contribution is -2.46. The third-order valence-electron chi connectivity index (χ3n) is 8.95. The number of benzene rings is 1. The van der Waals surface area contributed by atoms with Crippen molar-refractivity contribution in [2.45, 2.75) is 50.2 Å². The van der Waals surface area contributed by atoms with Gasteiger partial charge in [-0.05, 0) is 42.5 Å². The van der Waals surface area contributed by atoms with Crippen molar-refractivity contribution in [3.63, 3.8) is 0 Å². The molecular formula is C30H28F3N7O3. The number of fused-ring (bicyclic) bond motifs is 1. The third-order valence-corrected chi connectivity index (χ3v) is 8.95. The highest BCUT2D eigenvalue weighted by Gasteiger charge is 2.42. The van der Waals surface area contributed by atoms with Crippen molar-refractivity contribution in [2.75, 3.05) is 19.6 Å². The van der Waals surface area contributed by atoms with E-state index < -0.39 is 23.8 Å². The average molecular weight is 592 g/mol. The predicted molar refractivity (Wildman–Crippen MR) is 149 cm³/mol. The van der Waals surface area contributed by atoms with Gasteiger partial charge in [-0.3, -0.25) is 14.7 Å². The number of aromatic amines is 1. The number of hydrogen-bond acceptors (Lipinski definition) is 6.